The number of aryl methyl sites for hydroxylation is 1. The number of fused-ring (bicyclic) bond motifs is 1. The van der Waals surface area contributed by atoms with E-state index >= 15 is 0 Å². The Kier molecular flexibility index (Phi) is 8.05. The highest BCUT2D eigenvalue weighted by Gasteiger charge is 2.41. The number of pyridine rings is 1. The summed E-state index contributed by atoms with van der Waals surface area (Å²) >= 11 is 0. The molecule has 0 saturated carbocycles. The zero-order chi connectivity index (χ0) is 31.9. The molecule has 0 bridgehead atoms. The third kappa shape index (κ3) is 6.00. The first-order chi connectivity index (χ1) is 21.5. The van der Waals surface area contributed by atoms with Crippen molar-refractivity contribution in [2.75, 3.05) is 29.9 Å². The SMILES string of the molecule is CCNc1cc(-c2ccc(C#N)cc2-c2nncn2C)cc(N2Cc3c(cc(CN4CCC[C@@H](C)C4)cc3C(F)(F)F)C2=O)n1. The zero-order valence-electron chi connectivity index (χ0n) is 25.3. The summed E-state index contributed by atoms with van der Waals surface area (Å²) in [6.07, 6.45) is -0.966. The van der Waals surface area contributed by atoms with Crippen LogP contribution in [-0.4, -0.2) is 50.2 Å². The van der Waals surface area contributed by atoms with Crippen LogP contribution in [-0.2, 0) is 26.3 Å². The number of carbonyl (C=O) groups is 1. The van der Waals surface area contributed by atoms with E-state index < -0.39 is 17.6 Å². The third-order valence-electron chi connectivity index (χ3n) is 8.41. The van der Waals surface area contributed by atoms with Crippen molar-refractivity contribution >= 4 is 17.5 Å². The van der Waals surface area contributed by atoms with Crippen molar-refractivity contribution in [2.24, 2.45) is 13.0 Å². The first-order valence-corrected chi connectivity index (χ1v) is 15.0. The smallest absolute Gasteiger partial charge is 0.370 e. The van der Waals surface area contributed by atoms with Crippen molar-refractivity contribution in [1.82, 2.24) is 24.6 Å². The van der Waals surface area contributed by atoms with Crippen molar-refractivity contribution in [1.29, 1.82) is 5.26 Å². The minimum atomic E-state index is -4.62. The Hall–Kier alpha value is -4.76. The number of rotatable bonds is 7. The highest BCUT2D eigenvalue weighted by Crippen LogP contribution is 2.41. The van der Waals surface area contributed by atoms with Gasteiger partial charge >= 0.3 is 6.18 Å². The summed E-state index contributed by atoms with van der Waals surface area (Å²) in [4.78, 5) is 22.0. The van der Waals surface area contributed by atoms with E-state index in [2.05, 4.69) is 38.4 Å². The lowest BCUT2D eigenvalue weighted by Crippen LogP contribution is -2.33. The van der Waals surface area contributed by atoms with Crippen molar-refractivity contribution in [3.8, 4) is 28.6 Å². The molecule has 0 unspecified atom stereocenters. The number of benzene rings is 2. The van der Waals surface area contributed by atoms with Crippen LogP contribution in [0.4, 0.5) is 24.8 Å². The minimum absolute atomic E-state index is 0.0430. The van der Waals surface area contributed by atoms with E-state index in [1.165, 1.54) is 11.0 Å². The van der Waals surface area contributed by atoms with Gasteiger partial charge in [0.05, 0.1) is 23.7 Å². The molecule has 232 valence electrons. The van der Waals surface area contributed by atoms with Crippen LogP contribution in [0.25, 0.3) is 22.5 Å². The molecule has 6 rings (SSSR count). The molecule has 9 nitrogen and oxygen atoms in total. The molecule has 2 aromatic carbocycles. The Morgan fingerprint density at radius 3 is 2.62 bits per heavy atom. The number of hydrogen-bond acceptors (Lipinski definition) is 7. The first kappa shape index (κ1) is 30.3. The molecule has 2 aliphatic heterocycles. The van der Waals surface area contributed by atoms with Crippen LogP contribution in [0, 0.1) is 17.2 Å². The molecule has 2 aliphatic rings. The fourth-order valence-electron chi connectivity index (χ4n) is 6.35. The molecule has 4 heterocycles. The van der Waals surface area contributed by atoms with Crippen LogP contribution in [0.15, 0.2) is 48.8 Å². The van der Waals surface area contributed by atoms with Crippen LogP contribution < -0.4 is 10.2 Å². The van der Waals surface area contributed by atoms with Crippen molar-refractivity contribution in [2.45, 2.75) is 46.0 Å². The lowest BCUT2D eigenvalue weighted by atomic mass is 9.96. The van der Waals surface area contributed by atoms with E-state index in [1.807, 2.05) is 6.92 Å². The highest BCUT2D eigenvalue weighted by molar-refractivity contribution is 6.10. The van der Waals surface area contributed by atoms with Gasteiger partial charge in [0.1, 0.15) is 18.0 Å². The number of nitrogens with one attached hydrogen (secondary N) is 1. The normalized spacial score (nSPS) is 17.0. The maximum atomic E-state index is 14.4. The number of amides is 1. The van der Waals surface area contributed by atoms with Gasteiger partial charge in [-0.2, -0.15) is 18.4 Å². The number of nitriles is 1. The van der Waals surface area contributed by atoms with E-state index in [0.29, 0.717) is 58.5 Å². The molecule has 1 saturated heterocycles. The number of aromatic nitrogens is 4. The van der Waals surface area contributed by atoms with Crippen LogP contribution in [0.2, 0.25) is 0 Å². The lowest BCUT2D eigenvalue weighted by Gasteiger charge is -2.31. The Bertz CT molecular complexity index is 1810. The summed E-state index contributed by atoms with van der Waals surface area (Å²) in [6, 6.07) is 13.6. The Morgan fingerprint density at radius 1 is 1.11 bits per heavy atom. The van der Waals surface area contributed by atoms with Crippen LogP contribution in [0.3, 0.4) is 0 Å². The van der Waals surface area contributed by atoms with Gasteiger partial charge in [0.15, 0.2) is 5.82 Å². The van der Waals surface area contributed by atoms with E-state index in [-0.39, 0.29) is 23.5 Å². The van der Waals surface area contributed by atoms with E-state index in [1.54, 1.807) is 54.3 Å². The number of carbonyl (C=O) groups excluding carboxylic acids is 1. The summed E-state index contributed by atoms with van der Waals surface area (Å²) in [5.74, 6) is 1.16. The molecule has 0 spiro atoms. The average Bonchev–Trinajstić information content (AvgIpc) is 3.58. The third-order valence-corrected chi connectivity index (χ3v) is 8.41. The van der Waals surface area contributed by atoms with E-state index in [4.69, 9.17) is 0 Å². The van der Waals surface area contributed by atoms with Crippen LogP contribution in [0.1, 0.15) is 59.3 Å². The van der Waals surface area contributed by atoms with Crippen LogP contribution >= 0.6 is 0 Å². The van der Waals surface area contributed by atoms with Gasteiger partial charge < -0.3 is 9.88 Å². The quantitative estimate of drug-likeness (QED) is 0.262. The second-order valence-electron chi connectivity index (χ2n) is 11.8. The molecule has 1 fully saturated rings. The Balaban J connectivity index is 1.42. The number of halogens is 3. The van der Waals surface area contributed by atoms with Gasteiger partial charge in [-0.05, 0) is 90.9 Å². The van der Waals surface area contributed by atoms with Crippen LogP contribution in [0.5, 0.6) is 0 Å². The molecule has 0 radical (unpaired) electrons. The Labute approximate surface area is 259 Å². The zero-order valence-corrected chi connectivity index (χ0v) is 25.3. The molecule has 1 amide bonds. The monoisotopic (exact) mass is 614 g/mol. The largest absolute Gasteiger partial charge is 0.416 e. The van der Waals surface area contributed by atoms with Crippen molar-refractivity contribution in [3.05, 3.63) is 76.6 Å². The molecule has 2 aromatic heterocycles. The standard InChI is InChI=1S/C33H33F3N8O/c1-4-38-29-13-23(24-8-7-21(15-37)10-25(24)31-41-39-19-42(31)3)14-30(40-29)44-18-27-26(32(44)45)11-22(12-28(27)33(34,35)36)17-43-9-5-6-20(2)16-43/h7-8,10-14,19-20H,4-6,9,16-18H2,1-3H3,(H,38,40)/t20-/m1/s1. The van der Waals surface area contributed by atoms with Gasteiger partial charge in [-0.3, -0.25) is 14.6 Å². The number of nitrogens with zero attached hydrogens (tertiary/aromatic N) is 7. The second kappa shape index (κ2) is 12.0. The van der Waals surface area contributed by atoms with Gasteiger partial charge in [-0.1, -0.05) is 13.0 Å². The molecule has 1 N–H and O–H groups in total. The summed E-state index contributed by atoms with van der Waals surface area (Å²) < 4.78 is 45.0. The fourth-order valence-corrected chi connectivity index (χ4v) is 6.35. The molecule has 45 heavy (non-hydrogen) atoms. The van der Waals surface area contributed by atoms with E-state index in [9.17, 15) is 23.2 Å². The predicted molar refractivity (Wildman–Crippen MR) is 164 cm³/mol. The van der Waals surface area contributed by atoms with Gasteiger partial charge in [-0.15, -0.1) is 10.2 Å². The topological polar surface area (TPSA) is 103 Å². The van der Waals surface area contributed by atoms with Gasteiger partial charge in [0.25, 0.3) is 5.91 Å². The van der Waals surface area contributed by atoms with Crippen molar-refractivity contribution in [3.63, 3.8) is 0 Å². The molecular weight excluding hydrogens is 581 g/mol. The maximum absolute atomic E-state index is 14.4. The van der Waals surface area contributed by atoms with Gasteiger partial charge in [0.2, 0.25) is 0 Å². The second-order valence-corrected chi connectivity index (χ2v) is 11.8. The molecule has 0 aliphatic carbocycles. The molecule has 4 aromatic rings. The highest BCUT2D eigenvalue weighted by atomic mass is 19.4. The van der Waals surface area contributed by atoms with Crippen molar-refractivity contribution < 1.29 is 18.0 Å². The van der Waals surface area contributed by atoms with E-state index in [0.717, 1.165) is 25.9 Å². The molecule has 1 atom stereocenters. The average molecular weight is 615 g/mol. The summed E-state index contributed by atoms with van der Waals surface area (Å²) in [7, 11) is 1.79. The predicted octanol–water partition coefficient (Wildman–Crippen LogP) is 6.26. The summed E-state index contributed by atoms with van der Waals surface area (Å²) in [5, 5.41) is 21.0. The number of hydrogen-bond donors (Lipinski definition) is 1. The lowest BCUT2D eigenvalue weighted by molar-refractivity contribution is -0.138. The van der Waals surface area contributed by atoms with Gasteiger partial charge in [0, 0.05) is 37.8 Å². The summed E-state index contributed by atoms with van der Waals surface area (Å²) in [6.45, 7) is 6.31. The first-order valence-electron chi connectivity index (χ1n) is 15.0. The number of anilines is 2. The minimum Gasteiger partial charge on any atom is -0.370 e. The summed E-state index contributed by atoms with van der Waals surface area (Å²) in [5.41, 5.74) is 2.13. The number of alkyl halides is 3. The Morgan fingerprint density at radius 2 is 1.93 bits per heavy atom. The molecular formula is C33H33F3N8O. The fraction of sp³-hybridized carbons (Fsp3) is 0.364. The maximum Gasteiger partial charge on any atom is 0.416 e. The number of likely N-dealkylation sites (tertiary alicyclic amines) is 1. The molecule has 12 heteroatoms. The van der Waals surface area contributed by atoms with Gasteiger partial charge in [-0.25, -0.2) is 4.98 Å². The number of piperidine rings is 1.